The van der Waals surface area contributed by atoms with E-state index >= 15 is 0 Å². The van der Waals surface area contributed by atoms with Crippen LogP contribution in [-0.4, -0.2) is 33.7 Å². The molecule has 0 radical (unpaired) electrons. The van der Waals surface area contributed by atoms with E-state index in [0.29, 0.717) is 11.8 Å². The summed E-state index contributed by atoms with van der Waals surface area (Å²) in [6.07, 6.45) is -5.03. The topological polar surface area (TPSA) is 83.6 Å². The fourth-order valence-corrected chi connectivity index (χ4v) is 2.11. The SMILES string of the molecule is NC1=C(C(=O)O)C(O)(C(F)(F)F)CS1. The van der Waals surface area contributed by atoms with E-state index in [4.69, 9.17) is 15.9 Å². The Balaban J connectivity index is 3.22. The zero-order chi connectivity index (χ0) is 11.1. The van der Waals surface area contributed by atoms with E-state index in [0.717, 1.165) is 0 Å². The second-order valence-electron chi connectivity index (χ2n) is 2.69. The quantitative estimate of drug-likeness (QED) is 0.601. The molecule has 1 rings (SSSR count). The summed E-state index contributed by atoms with van der Waals surface area (Å²) in [6.45, 7) is 0. The molecule has 80 valence electrons. The molecule has 0 aliphatic carbocycles. The summed E-state index contributed by atoms with van der Waals surface area (Å²) in [5.74, 6) is -2.67. The van der Waals surface area contributed by atoms with E-state index in [1.54, 1.807) is 0 Å². The van der Waals surface area contributed by atoms with E-state index < -0.39 is 34.1 Å². The molecule has 1 heterocycles. The molecule has 0 spiro atoms. The third-order valence-electron chi connectivity index (χ3n) is 1.78. The van der Waals surface area contributed by atoms with Crippen molar-refractivity contribution < 1.29 is 28.2 Å². The number of hydrogen-bond acceptors (Lipinski definition) is 4. The monoisotopic (exact) mass is 229 g/mol. The van der Waals surface area contributed by atoms with Crippen LogP contribution in [0.15, 0.2) is 10.6 Å². The minimum atomic E-state index is -5.03. The van der Waals surface area contributed by atoms with Crippen LogP contribution in [0.3, 0.4) is 0 Å². The first-order valence-electron chi connectivity index (χ1n) is 3.35. The Morgan fingerprint density at radius 3 is 2.36 bits per heavy atom. The first-order valence-corrected chi connectivity index (χ1v) is 4.34. The molecule has 4 nitrogen and oxygen atoms in total. The molecule has 8 heteroatoms. The molecule has 0 bridgehead atoms. The van der Waals surface area contributed by atoms with Crippen molar-refractivity contribution >= 4 is 17.7 Å². The van der Waals surface area contributed by atoms with Gasteiger partial charge in [0.05, 0.1) is 5.03 Å². The Kier molecular flexibility index (Phi) is 2.44. The number of nitrogens with two attached hydrogens (primary N) is 1. The highest BCUT2D eigenvalue weighted by Crippen LogP contribution is 2.46. The van der Waals surface area contributed by atoms with E-state index in [1.807, 2.05) is 0 Å². The maximum absolute atomic E-state index is 12.3. The van der Waals surface area contributed by atoms with Gasteiger partial charge in [0.25, 0.3) is 0 Å². The van der Waals surface area contributed by atoms with Crippen LogP contribution in [0.2, 0.25) is 0 Å². The van der Waals surface area contributed by atoms with Crippen molar-refractivity contribution in [2.45, 2.75) is 11.8 Å². The van der Waals surface area contributed by atoms with Gasteiger partial charge in [-0.2, -0.15) is 13.2 Å². The van der Waals surface area contributed by atoms with Crippen molar-refractivity contribution in [3.8, 4) is 0 Å². The molecule has 1 unspecified atom stereocenters. The summed E-state index contributed by atoms with van der Waals surface area (Å²) in [5, 5.41) is 17.1. The molecule has 1 atom stereocenters. The minimum Gasteiger partial charge on any atom is -0.478 e. The lowest BCUT2D eigenvalue weighted by molar-refractivity contribution is -0.235. The largest absolute Gasteiger partial charge is 0.478 e. The summed E-state index contributed by atoms with van der Waals surface area (Å²) in [7, 11) is 0. The Morgan fingerprint density at radius 2 is 2.07 bits per heavy atom. The Labute approximate surface area is 80.6 Å². The smallest absolute Gasteiger partial charge is 0.422 e. The van der Waals surface area contributed by atoms with Gasteiger partial charge < -0.3 is 15.9 Å². The van der Waals surface area contributed by atoms with Gasteiger partial charge in [-0.3, -0.25) is 0 Å². The van der Waals surface area contributed by atoms with Crippen molar-refractivity contribution in [1.29, 1.82) is 0 Å². The third kappa shape index (κ3) is 1.44. The van der Waals surface area contributed by atoms with Crippen LogP contribution in [0, 0.1) is 0 Å². The summed E-state index contributed by atoms with van der Waals surface area (Å²) in [5.41, 5.74) is 0.529. The lowest BCUT2D eigenvalue weighted by Crippen LogP contribution is -2.49. The maximum Gasteiger partial charge on any atom is 0.422 e. The van der Waals surface area contributed by atoms with Gasteiger partial charge in [-0.25, -0.2) is 4.79 Å². The molecule has 0 saturated heterocycles. The molecule has 4 N–H and O–H groups in total. The number of carbonyl (C=O) groups is 1. The van der Waals surface area contributed by atoms with Gasteiger partial charge in [-0.05, 0) is 0 Å². The number of hydrogen-bond donors (Lipinski definition) is 3. The van der Waals surface area contributed by atoms with Crippen molar-refractivity contribution in [3.63, 3.8) is 0 Å². The molecular formula is C6H6F3NO3S. The predicted molar refractivity (Wildman–Crippen MR) is 42.3 cm³/mol. The number of aliphatic carboxylic acids is 1. The standard InChI is InChI=1S/C6H6F3NO3S/c7-6(8,9)5(13)1-14-3(10)2(5)4(11)12/h13H,1,10H2,(H,11,12). The second kappa shape index (κ2) is 3.06. The average molecular weight is 229 g/mol. The van der Waals surface area contributed by atoms with Crippen LogP contribution in [0.25, 0.3) is 0 Å². The zero-order valence-corrected chi connectivity index (χ0v) is 7.45. The van der Waals surface area contributed by atoms with Crippen LogP contribution in [0.1, 0.15) is 0 Å². The molecule has 14 heavy (non-hydrogen) atoms. The van der Waals surface area contributed by atoms with Gasteiger partial charge in [-0.15, -0.1) is 11.8 Å². The summed E-state index contributed by atoms with van der Waals surface area (Å²) in [6, 6.07) is 0. The summed E-state index contributed by atoms with van der Waals surface area (Å²) < 4.78 is 36.9. The van der Waals surface area contributed by atoms with Gasteiger partial charge in [-0.1, -0.05) is 0 Å². The summed E-state index contributed by atoms with van der Waals surface area (Å²) in [4.78, 5) is 10.5. The Hall–Kier alpha value is -0.890. The fourth-order valence-electron chi connectivity index (χ4n) is 1.04. The molecule has 0 aromatic heterocycles. The van der Waals surface area contributed by atoms with Crippen LogP contribution in [0.5, 0.6) is 0 Å². The first kappa shape index (κ1) is 11.2. The maximum atomic E-state index is 12.3. The minimum absolute atomic E-state index is 0.474. The number of alkyl halides is 3. The van der Waals surface area contributed by atoms with E-state index in [-0.39, 0.29) is 0 Å². The Morgan fingerprint density at radius 1 is 1.57 bits per heavy atom. The van der Waals surface area contributed by atoms with Gasteiger partial charge in [0.1, 0.15) is 5.57 Å². The molecule has 0 fully saturated rings. The van der Waals surface area contributed by atoms with Gasteiger partial charge >= 0.3 is 12.1 Å². The molecular weight excluding hydrogens is 223 g/mol. The Bertz CT molecular complexity index is 314. The normalized spacial score (nSPS) is 28.3. The van der Waals surface area contributed by atoms with Crippen LogP contribution >= 0.6 is 11.8 Å². The van der Waals surface area contributed by atoms with Crippen molar-refractivity contribution in [2.24, 2.45) is 5.73 Å². The van der Waals surface area contributed by atoms with Crippen LogP contribution in [0.4, 0.5) is 13.2 Å². The van der Waals surface area contributed by atoms with Crippen LogP contribution < -0.4 is 5.73 Å². The lowest BCUT2D eigenvalue weighted by atomic mass is 9.96. The van der Waals surface area contributed by atoms with E-state index in [9.17, 15) is 18.0 Å². The molecule has 0 aromatic rings. The summed E-state index contributed by atoms with van der Waals surface area (Å²) >= 11 is 0.474. The van der Waals surface area contributed by atoms with E-state index in [1.165, 1.54) is 0 Å². The molecule has 0 aromatic carbocycles. The number of halogens is 3. The van der Waals surface area contributed by atoms with Gasteiger partial charge in [0, 0.05) is 5.75 Å². The average Bonchev–Trinajstić information content (AvgIpc) is 2.26. The number of aliphatic hydroxyl groups is 1. The van der Waals surface area contributed by atoms with Crippen molar-refractivity contribution in [3.05, 3.63) is 10.6 Å². The van der Waals surface area contributed by atoms with Crippen LogP contribution in [-0.2, 0) is 4.79 Å². The first-order chi connectivity index (χ1) is 6.20. The number of carboxylic acids is 1. The molecule has 0 saturated carbocycles. The molecule has 1 aliphatic heterocycles. The van der Waals surface area contributed by atoms with E-state index in [2.05, 4.69) is 0 Å². The number of thioether (sulfide) groups is 1. The van der Waals surface area contributed by atoms with Gasteiger partial charge in [0.2, 0.25) is 5.60 Å². The molecule has 1 aliphatic rings. The van der Waals surface area contributed by atoms with Crippen molar-refractivity contribution in [2.75, 3.05) is 5.75 Å². The number of carboxylic acid groups (broad SMARTS) is 1. The zero-order valence-electron chi connectivity index (χ0n) is 6.63. The van der Waals surface area contributed by atoms with Crippen molar-refractivity contribution in [1.82, 2.24) is 0 Å². The number of rotatable bonds is 1. The highest BCUT2D eigenvalue weighted by atomic mass is 32.2. The molecule has 0 amide bonds. The predicted octanol–water partition coefficient (Wildman–Crippen LogP) is 0.282. The van der Waals surface area contributed by atoms with Gasteiger partial charge in [0.15, 0.2) is 0 Å². The lowest BCUT2D eigenvalue weighted by Gasteiger charge is -2.25. The highest BCUT2D eigenvalue weighted by molar-refractivity contribution is 8.03. The fraction of sp³-hybridized carbons (Fsp3) is 0.500. The second-order valence-corrected chi connectivity index (χ2v) is 3.71. The third-order valence-corrected chi connectivity index (χ3v) is 2.86. The highest BCUT2D eigenvalue weighted by Gasteiger charge is 2.61.